The van der Waals surface area contributed by atoms with E-state index >= 15 is 0 Å². The number of aliphatic hydroxyl groups excluding tert-OH is 4. The highest BCUT2D eigenvalue weighted by molar-refractivity contribution is 7.47. The van der Waals surface area contributed by atoms with Crippen LogP contribution in [0.3, 0.4) is 0 Å². The van der Waals surface area contributed by atoms with Crippen molar-refractivity contribution < 1.29 is 81.7 Å². The topological polar surface area (TPSA) is 273 Å². The van der Waals surface area contributed by atoms with Crippen molar-refractivity contribution in [3.05, 3.63) is 72.9 Å². The van der Waals surface area contributed by atoms with Crippen LogP contribution in [0.25, 0.3) is 0 Å². The van der Waals surface area contributed by atoms with Gasteiger partial charge in [-0.15, -0.1) is 0 Å². The van der Waals surface area contributed by atoms with E-state index in [2.05, 4.69) is 67.0 Å². The van der Waals surface area contributed by atoms with Gasteiger partial charge in [0, 0.05) is 19.3 Å². The van der Waals surface area contributed by atoms with Crippen molar-refractivity contribution >= 4 is 33.4 Å². The van der Waals surface area contributed by atoms with E-state index in [9.17, 15) is 48.8 Å². The van der Waals surface area contributed by atoms with Crippen LogP contribution >= 0.6 is 15.6 Å². The molecule has 0 aromatic carbocycles. The highest BCUT2D eigenvalue weighted by Gasteiger charge is 2.54. The van der Waals surface area contributed by atoms with Gasteiger partial charge in [0.25, 0.3) is 0 Å². The second-order valence-electron chi connectivity index (χ2n) is 16.1. The molecular formula is C47H78O17P2. The Bertz CT molecular complexity index is 1620. The number of phosphoric acid groups is 2. The molecule has 7 N–H and O–H groups in total. The summed E-state index contributed by atoms with van der Waals surface area (Å²) in [5, 5.41) is 41.2. The standard InChI is InChI=1S/C47H78O17P2/c1-3-5-7-8-9-10-11-12-13-14-15-16-17-20-24-27-31-35-41(50)62-39(36-60-40(49)34-30-26-23-21-18-19-22-25-29-33-38(48)32-28-6-4-2)37-61-66(58,59)64-47-44(53)42(51)43(52)46(45(47)54)63-65(55,56)57/h5,7,9-10,12-13,15-16,22,25,29,33,39,42-47,51-54H,3-4,6,8,11,14,17-21,23-24,26-28,30-32,34-37H2,1-2H3,(H,58,59)(H2,55,56,57)/b7-5-,10-9-,13-12-,16-15-,25-22-,33-29+/t39-,42?,43?,44?,45?,46-,47+/m1/s1. The molecular weight excluding hydrogens is 898 g/mol. The highest BCUT2D eigenvalue weighted by Crippen LogP contribution is 2.49. The summed E-state index contributed by atoms with van der Waals surface area (Å²) >= 11 is 0. The normalized spacial score (nSPS) is 22.1. The number of ether oxygens (including phenoxy) is 2. The van der Waals surface area contributed by atoms with Crippen LogP contribution in [0, 0.1) is 0 Å². The molecule has 1 rings (SSSR count). The van der Waals surface area contributed by atoms with Crippen molar-refractivity contribution in [2.75, 3.05) is 13.2 Å². The van der Waals surface area contributed by atoms with Crippen molar-refractivity contribution in [3.63, 3.8) is 0 Å². The summed E-state index contributed by atoms with van der Waals surface area (Å²) in [6.45, 7) is 2.78. The van der Waals surface area contributed by atoms with Gasteiger partial charge in [0.2, 0.25) is 0 Å². The van der Waals surface area contributed by atoms with Crippen LogP contribution < -0.4 is 0 Å². The molecule has 0 aromatic rings. The second-order valence-corrected chi connectivity index (χ2v) is 18.7. The maximum absolute atomic E-state index is 13.0. The van der Waals surface area contributed by atoms with E-state index < -0.39 is 83.5 Å². The lowest BCUT2D eigenvalue weighted by Crippen LogP contribution is -2.64. The summed E-state index contributed by atoms with van der Waals surface area (Å²) in [7, 11) is -10.7. The molecule has 0 spiro atoms. The van der Waals surface area contributed by atoms with Crippen molar-refractivity contribution in [1.82, 2.24) is 0 Å². The quantitative estimate of drug-likeness (QED) is 0.00770. The number of ketones is 1. The summed E-state index contributed by atoms with van der Waals surface area (Å²) in [6, 6.07) is 0. The minimum Gasteiger partial charge on any atom is -0.462 e. The fourth-order valence-corrected chi connectivity index (χ4v) is 8.12. The molecule has 378 valence electrons. The van der Waals surface area contributed by atoms with E-state index in [4.69, 9.17) is 28.3 Å². The zero-order valence-corrected chi connectivity index (χ0v) is 40.6. The summed E-state index contributed by atoms with van der Waals surface area (Å²) < 4.78 is 49.3. The molecule has 0 radical (unpaired) electrons. The van der Waals surface area contributed by atoms with Crippen LogP contribution in [-0.2, 0) is 46.6 Å². The Hall–Kier alpha value is -2.89. The SMILES string of the molecule is CC/C=C\C/C=C\C/C=C\C/C=C\CCCCCCC(=O)O[C@H](COC(=O)CCCCCCC/C=C\C=C\C(=O)CCCCC)COP(=O)(O)O[C@H]1C(O)C(O)C(O)[C@@H](OP(=O)(O)O)C1O. The molecule has 17 nitrogen and oxygen atoms in total. The minimum absolute atomic E-state index is 0.00533. The van der Waals surface area contributed by atoms with Gasteiger partial charge in [-0.05, 0) is 76.7 Å². The van der Waals surface area contributed by atoms with Crippen LogP contribution in [0.2, 0.25) is 0 Å². The Kier molecular flexibility index (Phi) is 34.3. The van der Waals surface area contributed by atoms with Crippen LogP contribution in [0.1, 0.15) is 149 Å². The lowest BCUT2D eigenvalue weighted by atomic mass is 9.85. The van der Waals surface area contributed by atoms with Gasteiger partial charge in [0.1, 0.15) is 43.2 Å². The predicted molar refractivity (Wildman–Crippen MR) is 251 cm³/mol. The maximum atomic E-state index is 13.0. The van der Waals surface area contributed by atoms with E-state index in [0.29, 0.717) is 19.3 Å². The van der Waals surface area contributed by atoms with Gasteiger partial charge < -0.3 is 44.6 Å². The Morgan fingerprint density at radius 2 is 1.06 bits per heavy atom. The molecule has 1 fully saturated rings. The second kappa shape index (κ2) is 37.1. The fourth-order valence-electron chi connectivity index (χ4n) is 6.58. The number of hydrogen-bond donors (Lipinski definition) is 7. The Balaban J connectivity index is 2.65. The number of allylic oxidation sites excluding steroid dienone is 12. The Morgan fingerprint density at radius 1 is 0.545 bits per heavy atom. The van der Waals surface area contributed by atoms with Gasteiger partial charge >= 0.3 is 27.6 Å². The molecule has 1 saturated carbocycles. The van der Waals surface area contributed by atoms with E-state index in [1.165, 1.54) is 0 Å². The summed E-state index contributed by atoms with van der Waals surface area (Å²) in [6.07, 6.45) is 25.5. The molecule has 0 bridgehead atoms. The largest absolute Gasteiger partial charge is 0.472 e. The van der Waals surface area contributed by atoms with Crippen LogP contribution in [0.4, 0.5) is 0 Å². The molecule has 0 aliphatic heterocycles. The maximum Gasteiger partial charge on any atom is 0.472 e. The van der Waals surface area contributed by atoms with E-state index in [1.54, 1.807) is 12.2 Å². The average molecular weight is 977 g/mol. The first kappa shape index (κ1) is 61.1. The van der Waals surface area contributed by atoms with Gasteiger partial charge in [-0.1, -0.05) is 126 Å². The third-order valence-corrected chi connectivity index (χ3v) is 11.7. The Morgan fingerprint density at radius 3 is 1.65 bits per heavy atom. The molecule has 8 atom stereocenters. The first-order chi connectivity index (χ1) is 31.5. The number of unbranched alkanes of at least 4 members (excludes halogenated alkanes) is 11. The van der Waals surface area contributed by atoms with Gasteiger partial charge in [0.15, 0.2) is 11.9 Å². The van der Waals surface area contributed by atoms with Crippen LogP contribution in [-0.4, -0.2) is 109 Å². The molecule has 1 aliphatic carbocycles. The first-order valence-corrected chi connectivity index (χ1v) is 26.5. The number of carbonyl (C=O) groups excluding carboxylic acids is 3. The Labute approximate surface area is 391 Å². The van der Waals surface area contributed by atoms with E-state index in [1.807, 2.05) is 12.2 Å². The highest BCUT2D eigenvalue weighted by atomic mass is 31.2. The first-order valence-electron chi connectivity index (χ1n) is 23.4. The van der Waals surface area contributed by atoms with Gasteiger partial charge in [-0.3, -0.25) is 28.0 Å². The van der Waals surface area contributed by atoms with Crippen molar-refractivity contribution in [2.24, 2.45) is 0 Å². The van der Waals surface area contributed by atoms with E-state index in [-0.39, 0.29) is 18.6 Å². The summed E-state index contributed by atoms with van der Waals surface area (Å²) in [4.78, 5) is 66.0. The monoisotopic (exact) mass is 976 g/mol. The number of rotatable bonds is 38. The summed E-state index contributed by atoms with van der Waals surface area (Å²) in [5.41, 5.74) is 0. The molecule has 0 heterocycles. The zero-order valence-electron chi connectivity index (χ0n) is 38.8. The van der Waals surface area contributed by atoms with Crippen molar-refractivity contribution in [3.8, 4) is 0 Å². The number of aliphatic hydroxyl groups is 4. The van der Waals surface area contributed by atoms with Crippen molar-refractivity contribution in [1.29, 1.82) is 0 Å². The molecule has 0 saturated heterocycles. The van der Waals surface area contributed by atoms with Crippen LogP contribution in [0.15, 0.2) is 72.9 Å². The zero-order chi connectivity index (χ0) is 49.1. The fraction of sp³-hybridized carbons (Fsp3) is 0.681. The number of hydrogen-bond acceptors (Lipinski definition) is 14. The predicted octanol–water partition coefficient (Wildman–Crippen LogP) is 8.02. The number of carbonyl (C=O) groups is 3. The van der Waals surface area contributed by atoms with E-state index in [0.717, 1.165) is 103 Å². The lowest BCUT2D eigenvalue weighted by molar-refractivity contribution is -0.216. The van der Waals surface area contributed by atoms with Gasteiger partial charge in [-0.25, -0.2) is 9.13 Å². The molecule has 5 unspecified atom stereocenters. The van der Waals surface area contributed by atoms with Crippen molar-refractivity contribution in [2.45, 2.75) is 191 Å². The smallest absolute Gasteiger partial charge is 0.462 e. The molecule has 19 heteroatoms. The number of phosphoric ester groups is 2. The molecule has 0 amide bonds. The number of esters is 2. The van der Waals surface area contributed by atoms with Gasteiger partial charge in [0.05, 0.1) is 6.61 Å². The lowest BCUT2D eigenvalue weighted by Gasteiger charge is -2.43. The molecule has 1 aliphatic rings. The molecule has 66 heavy (non-hydrogen) atoms. The third kappa shape index (κ3) is 31.2. The van der Waals surface area contributed by atoms with Crippen LogP contribution in [0.5, 0.6) is 0 Å². The molecule has 0 aromatic heterocycles. The third-order valence-electron chi connectivity index (χ3n) is 10.2. The summed E-state index contributed by atoms with van der Waals surface area (Å²) in [5.74, 6) is -1.17. The average Bonchev–Trinajstić information content (AvgIpc) is 3.26. The van der Waals surface area contributed by atoms with Gasteiger partial charge in [-0.2, -0.15) is 0 Å². The minimum atomic E-state index is -5.38.